The molecular formula is C11H17NO4. The van der Waals surface area contributed by atoms with Gasteiger partial charge in [0.1, 0.15) is 6.04 Å². The third-order valence-electron chi connectivity index (χ3n) is 2.22. The van der Waals surface area contributed by atoms with Gasteiger partial charge in [-0.2, -0.15) is 0 Å². The normalized spacial score (nSPS) is 23.9. The van der Waals surface area contributed by atoms with Gasteiger partial charge >= 0.3 is 5.97 Å². The summed E-state index contributed by atoms with van der Waals surface area (Å²) < 4.78 is 10.1. The molecule has 1 unspecified atom stereocenters. The SMILES string of the molecule is C=CCCC(=O)N[C@H]1CC(=O)OC1OCC. The number of ether oxygens (including phenoxy) is 2. The van der Waals surface area contributed by atoms with E-state index in [0.717, 1.165) is 0 Å². The van der Waals surface area contributed by atoms with Gasteiger partial charge in [0.2, 0.25) is 12.2 Å². The second-order valence-corrected chi connectivity index (χ2v) is 3.52. The van der Waals surface area contributed by atoms with Crippen LogP contribution < -0.4 is 5.32 Å². The van der Waals surface area contributed by atoms with Crippen LogP contribution in [0.2, 0.25) is 0 Å². The van der Waals surface area contributed by atoms with Crippen molar-refractivity contribution in [1.29, 1.82) is 0 Å². The monoisotopic (exact) mass is 227 g/mol. The molecule has 1 fully saturated rings. The van der Waals surface area contributed by atoms with Gasteiger partial charge in [-0.05, 0) is 13.3 Å². The maximum absolute atomic E-state index is 11.4. The van der Waals surface area contributed by atoms with E-state index in [-0.39, 0.29) is 24.3 Å². The van der Waals surface area contributed by atoms with Crippen LogP contribution in [0.3, 0.4) is 0 Å². The minimum atomic E-state index is -0.648. The zero-order valence-electron chi connectivity index (χ0n) is 9.40. The van der Waals surface area contributed by atoms with Crippen LogP contribution in [0.5, 0.6) is 0 Å². The minimum Gasteiger partial charge on any atom is -0.433 e. The highest BCUT2D eigenvalue weighted by atomic mass is 16.7. The lowest BCUT2D eigenvalue weighted by Gasteiger charge is -2.18. The molecule has 0 aromatic carbocycles. The standard InChI is InChI=1S/C11H17NO4/c1-3-5-6-9(13)12-8-7-10(14)16-11(8)15-4-2/h3,8,11H,1,4-7H2,2H3,(H,12,13)/t8-,11?/m0/s1. The van der Waals surface area contributed by atoms with E-state index in [9.17, 15) is 9.59 Å². The fourth-order valence-electron chi connectivity index (χ4n) is 1.48. The Balaban J connectivity index is 2.41. The van der Waals surface area contributed by atoms with Crippen LogP contribution in [0.15, 0.2) is 12.7 Å². The lowest BCUT2D eigenvalue weighted by Crippen LogP contribution is -2.41. The molecule has 5 nitrogen and oxygen atoms in total. The van der Waals surface area contributed by atoms with Crippen molar-refractivity contribution in [2.75, 3.05) is 6.61 Å². The smallest absolute Gasteiger partial charge is 0.310 e. The summed E-state index contributed by atoms with van der Waals surface area (Å²) in [7, 11) is 0. The van der Waals surface area contributed by atoms with Gasteiger partial charge in [-0.1, -0.05) is 6.08 Å². The van der Waals surface area contributed by atoms with Crippen molar-refractivity contribution in [2.45, 2.75) is 38.5 Å². The third-order valence-corrected chi connectivity index (χ3v) is 2.22. The lowest BCUT2D eigenvalue weighted by molar-refractivity contribution is -0.164. The minimum absolute atomic E-state index is 0.118. The highest BCUT2D eigenvalue weighted by molar-refractivity contribution is 5.79. The van der Waals surface area contributed by atoms with Crippen LogP contribution in [-0.2, 0) is 19.1 Å². The predicted molar refractivity (Wildman–Crippen MR) is 57.5 cm³/mol. The Morgan fingerprint density at radius 1 is 1.75 bits per heavy atom. The zero-order chi connectivity index (χ0) is 12.0. The van der Waals surface area contributed by atoms with Gasteiger partial charge in [-0.25, -0.2) is 0 Å². The van der Waals surface area contributed by atoms with Crippen LogP contribution in [-0.4, -0.2) is 30.8 Å². The van der Waals surface area contributed by atoms with E-state index < -0.39 is 6.29 Å². The first-order chi connectivity index (χ1) is 7.67. The summed E-state index contributed by atoms with van der Waals surface area (Å²) in [5.41, 5.74) is 0. The van der Waals surface area contributed by atoms with Crippen molar-refractivity contribution in [3.63, 3.8) is 0 Å². The summed E-state index contributed by atoms with van der Waals surface area (Å²) in [6.45, 7) is 5.79. The van der Waals surface area contributed by atoms with Crippen molar-refractivity contribution >= 4 is 11.9 Å². The first kappa shape index (κ1) is 12.7. The molecule has 0 aromatic heterocycles. The Bertz CT molecular complexity index is 277. The Morgan fingerprint density at radius 2 is 2.50 bits per heavy atom. The molecule has 16 heavy (non-hydrogen) atoms. The fourth-order valence-corrected chi connectivity index (χ4v) is 1.48. The fraction of sp³-hybridized carbons (Fsp3) is 0.636. The van der Waals surface area contributed by atoms with E-state index in [1.807, 2.05) is 6.92 Å². The molecule has 0 bridgehead atoms. The van der Waals surface area contributed by atoms with Gasteiger partial charge in [0.15, 0.2) is 0 Å². The highest BCUT2D eigenvalue weighted by Crippen LogP contribution is 2.16. The largest absolute Gasteiger partial charge is 0.433 e. The Labute approximate surface area is 94.8 Å². The number of hydrogen-bond donors (Lipinski definition) is 1. The van der Waals surface area contributed by atoms with Crippen LogP contribution in [0, 0.1) is 0 Å². The van der Waals surface area contributed by atoms with E-state index in [0.29, 0.717) is 19.4 Å². The second kappa shape index (κ2) is 6.27. The Kier molecular flexibility index (Phi) is 4.98. The molecule has 0 aliphatic carbocycles. The number of carbonyl (C=O) groups excluding carboxylic acids is 2. The maximum atomic E-state index is 11.4. The van der Waals surface area contributed by atoms with E-state index in [1.54, 1.807) is 6.08 Å². The zero-order valence-corrected chi connectivity index (χ0v) is 9.40. The topological polar surface area (TPSA) is 64.6 Å². The van der Waals surface area contributed by atoms with Crippen LogP contribution in [0.25, 0.3) is 0 Å². The van der Waals surface area contributed by atoms with E-state index in [1.165, 1.54) is 0 Å². The van der Waals surface area contributed by atoms with Gasteiger partial charge in [0, 0.05) is 13.0 Å². The van der Waals surface area contributed by atoms with Crippen molar-refractivity contribution in [1.82, 2.24) is 5.32 Å². The number of hydrogen-bond acceptors (Lipinski definition) is 4. The molecule has 1 aliphatic heterocycles. The summed E-state index contributed by atoms with van der Waals surface area (Å²) in [5, 5.41) is 2.72. The molecule has 1 rings (SSSR count). The molecule has 5 heteroatoms. The molecule has 2 atom stereocenters. The first-order valence-electron chi connectivity index (χ1n) is 5.38. The molecule has 0 radical (unpaired) electrons. The quantitative estimate of drug-likeness (QED) is 0.537. The average Bonchev–Trinajstić information content (AvgIpc) is 2.56. The number of rotatable bonds is 6. The van der Waals surface area contributed by atoms with Gasteiger partial charge in [-0.3, -0.25) is 9.59 Å². The number of amides is 1. The van der Waals surface area contributed by atoms with E-state index >= 15 is 0 Å². The van der Waals surface area contributed by atoms with Gasteiger partial charge in [-0.15, -0.1) is 6.58 Å². The van der Waals surface area contributed by atoms with E-state index in [2.05, 4.69) is 11.9 Å². The lowest BCUT2D eigenvalue weighted by atomic mass is 10.2. The van der Waals surface area contributed by atoms with Crippen molar-refractivity contribution < 1.29 is 19.1 Å². The summed E-state index contributed by atoms with van der Waals surface area (Å²) in [5.74, 6) is -0.458. The molecule has 0 saturated carbocycles. The average molecular weight is 227 g/mol. The predicted octanol–water partition coefficient (Wildman–Crippen LogP) is 0.747. The summed E-state index contributed by atoms with van der Waals surface area (Å²) in [6, 6.07) is -0.371. The van der Waals surface area contributed by atoms with Gasteiger partial charge < -0.3 is 14.8 Å². The van der Waals surface area contributed by atoms with Crippen molar-refractivity contribution in [3.05, 3.63) is 12.7 Å². The summed E-state index contributed by atoms with van der Waals surface area (Å²) in [6.07, 6.45) is 2.19. The Hall–Kier alpha value is -1.36. The number of esters is 1. The third kappa shape index (κ3) is 3.66. The van der Waals surface area contributed by atoms with Crippen LogP contribution in [0.1, 0.15) is 26.2 Å². The molecule has 1 aliphatic rings. The molecule has 0 spiro atoms. The first-order valence-corrected chi connectivity index (χ1v) is 5.38. The second-order valence-electron chi connectivity index (χ2n) is 3.52. The molecule has 1 amide bonds. The van der Waals surface area contributed by atoms with Gasteiger partial charge in [0.05, 0.1) is 6.42 Å². The van der Waals surface area contributed by atoms with E-state index in [4.69, 9.17) is 9.47 Å². The highest BCUT2D eigenvalue weighted by Gasteiger charge is 2.36. The van der Waals surface area contributed by atoms with Gasteiger partial charge in [0.25, 0.3) is 0 Å². The summed E-state index contributed by atoms with van der Waals surface area (Å²) >= 11 is 0. The number of nitrogens with one attached hydrogen (secondary N) is 1. The molecule has 1 N–H and O–H groups in total. The summed E-state index contributed by atoms with van der Waals surface area (Å²) in [4.78, 5) is 22.5. The van der Waals surface area contributed by atoms with Crippen molar-refractivity contribution in [3.8, 4) is 0 Å². The number of carbonyl (C=O) groups is 2. The molecular weight excluding hydrogens is 210 g/mol. The van der Waals surface area contributed by atoms with Crippen LogP contribution >= 0.6 is 0 Å². The number of cyclic esters (lactones) is 1. The molecule has 1 saturated heterocycles. The van der Waals surface area contributed by atoms with Crippen molar-refractivity contribution in [2.24, 2.45) is 0 Å². The molecule has 1 heterocycles. The van der Waals surface area contributed by atoms with Crippen LogP contribution in [0.4, 0.5) is 0 Å². The maximum Gasteiger partial charge on any atom is 0.310 e. The molecule has 0 aromatic rings. The molecule has 90 valence electrons. The Morgan fingerprint density at radius 3 is 3.12 bits per heavy atom. The number of allylic oxidation sites excluding steroid dienone is 1.